The van der Waals surface area contributed by atoms with Crippen molar-refractivity contribution in [3.05, 3.63) is 71.8 Å². The normalized spacial score (nSPS) is 22.2. The number of unbranched alkanes of at least 4 members (excludes halogenated alkanes) is 4. The van der Waals surface area contributed by atoms with Crippen molar-refractivity contribution in [2.75, 3.05) is 31.7 Å². The van der Waals surface area contributed by atoms with Gasteiger partial charge < -0.3 is 25.1 Å². The first-order valence-corrected chi connectivity index (χ1v) is 16.1. The van der Waals surface area contributed by atoms with E-state index in [1.165, 1.54) is 6.26 Å². The van der Waals surface area contributed by atoms with E-state index >= 15 is 0 Å². The predicted octanol–water partition coefficient (Wildman–Crippen LogP) is 3.05. The SMILES string of the molecule is CS(=O)(=O)CCCCCN1C(=O)N(CCCCCO)[C@H](Cc2ccccc2)[C@H](O)[C@@H](O)[C@H]1Cc1ccccc1. The molecule has 1 heterocycles. The zero-order valence-electron chi connectivity index (χ0n) is 22.9. The molecule has 4 atom stereocenters. The fraction of sp³-hybridized carbons (Fsp3) is 0.567. The largest absolute Gasteiger partial charge is 0.396 e. The number of carbonyl (C=O) groups is 1. The molecule has 1 fully saturated rings. The molecule has 1 aliphatic heterocycles. The molecule has 0 aliphatic carbocycles. The van der Waals surface area contributed by atoms with Gasteiger partial charge in [-0.15, -0.1) is 0 Å². The summed E-state index contributed by atoms with van der Waals surface area (Å²) in [6, 6.07) is 17.8. The fourth-order valence-corrected chi connectivity index (χ4v) is 6.09. The summed E-state index contributed by atoms with van der Waals surface area (Å²) in [6.45, 7) is 0.847. The molecule has 2 aromatic rings. The molecule has 0 bridgehead atoms. The van der Waals surface area contributed by atoms with E-state index in [0.717, 1.165) is 17.5 Å². The Balaban J connectivity index is 1.90. The molecule has 8 nitrogen and oxygen atoms in total. The number of benzene rings is 2. The average Bonchev–Trinajstić information content (AvgIpc) is 2.98. The van der Waals surface area contributed by atoms with E-state index in [1.54, 1.807) is 9.80 Å². The average molecular weight is 561 g/mol. The molecule has 0 radical (unpaired) electrons. The second-order valence-corrected chi connectivity index (χ2v) is 12.9. The number of hydrogen-bond acceptors (Lipinski definition) is 6. The lowest BCUT2D eigenvalue weighted by atomic mass is 9.91. The van der Waals surface area contributed by atoms with Gasteiger partial charge in [0.1, 0.15) is 22.0 Å². The number of rotatable bonds is 15. The van der Waals surface area contributed by atoms with Crippen LogP contribution in [0.2, 0.25) is 0 Å². The number of carbonyl (C=O) groups excluding carboxylic acids is 1. The standard InChI is InChI=1S/C30H44N2O6S/c1-39(37,38)21-13-5-11-19-32-27(23-25-16-8-3-9-17-25)29(35)28(34)26(22-24-14-6-2-7-15-24)31(30(32)36)18-10-4-12-20-33/h2-3,6-9,14-17,26-29,33-35H,4-5,10-13,18-23H2,1H3/t26-,27-,28+,29+/m1/s1. The topological polar surface area (TPSA) is 118 Å². The summed E-state index contributed by atoms with van der Waals surface area (Å²) in [5.41, 5.74) is 1.93. The number of aliphatic hydroxyl groups excluding tert-OH is 3. The molecule has 0 aromatic heterocycles. The van der Waals surface area contributed by atoms with Gasteiger partial charge in [-0.05, 0) is 56.1 Å². The van der Waals surface area contributed by atoms with Crippen LogP contribution in [0.4, 0.5) is 4.79 Å². The number of sulfone groups is 1. The highest BCUT2D eigenvalue weighted by Gasteiger charge is 2.45. The monoisotopic (exact) mass is 560 g/mol. The summed E-state index contributed by atoms with van der Waals surface area (Å²) in [5.74, 6) is 0.103. The first kappa shape index (κ1) is 31.1. The molecule has 1 aliphatic rings. The summed E-state index contributed by atoms with van der Waals surface area (Å²) >= 11 is 0. The molecule has 216 valence electrons. The van der Waals surface area contributed by atoms with E-state index in [4.69, 9.17) is 0 Å². The van der Waals surface area contributed by atoms with E-state index < -0.39 is 34.1 Å². The number of nitrogens with zero attached hydrogens (tertiary/aromatic N) is 2. The van der Waals surface area contributed by atoms with Crippen molar-refractivity contribution in [2.45, 2.75) is 75.7 Å². The minimum absolute atomic E-state index is 0.0848. The Kier molecular flexibility index (Phi) is 12.2. The van der Waals surface area contributed by atoms with E-state index in [-0.39, 0.29) is 18.4 Å². The molecule has 1 saturated heterocycles. The molecule has 9 heteroatoms. The van der Waals surface area contributed by atoms with Gasteiger partial charge in [-0.3, -0.25) is 0 Å². The van der Waals surface area contributed by atoms with Gasteiger partial charge in [0.2, 0.25) is 0 Å². The summed E-state index contributed by atoms with van der Waals surface area (Å²) < 4.78 is 23.1. The van der Waals surface area contributed by atoms with Gasteiger partial charge in [0, 0.05) is 31.7 Å². The summed E-state index contributed by atoms with van der Waals surface area (Å²) in [6.07, 6.45) is 3.50. The zero-order valence-corrected chi connectivity index (χ0v) is 23.8. The summed E-state index contributed by atoms with van der Waals surface area (Å²) in [4.78, 5) is 17.6. The van der Waals surface area contributed by atoms with Crippen molar-refractivity contribution in [1.82, 2.24) is 9.80 Å². The Morgan fingerprint density at radius 1 is 0.692 bits per heavy atom. The van der Waals surface area contributed by atoms with E-state index in [2.05, 4.69) is 0 Å². The molecular formula is C30H44N2O6S. The number of hydrogen-bond donors (Lipinski definition) is 3. The van der Waals surface area contributed by atoms with Crippen molar-refractivity contribution in [2.24, 2.45) is 0 Å². The highest BCUT2D eigenvalue weighted by atomic mass is 32.2. The lowest BCUT2D eigenvalue weighted by Gasteiger charge is -2.35. The Bertz CT molecular complexity index is 1100. The van der Waals surface area contributed by atoms with E-state index in [0.29, 0.717) is 58.0 Å². The predicted molar refractivity (Wildman–Crippen MR) is 153 cm³/mol. The summed E-state index contributed by atoms with van der Waals surface area (Å²) in [7, 11) is -3.05. The maximum Gasteiger partial charge on any atom is 0.320 e. The highest BCUT2D eigenvalue weighted by molar-refractivity contribution is 7.90. The van der Waals surface area contributed by atoms with Gasteiger partial charge in [0.15, 0.2) is 0 Å². The van der Waals surface area contributed by atoms with Crippen LogP contribution in [0.25, 0.3) is 0 Å². The Labute approximate surface area is 233 Å². The third kappa shape index (κ3) is 9.60. The van der Waals surface area contributed by atoms with Crippen LogP contribution in [0.3, 0.4) is 0 Å². The Morgan fingerprint density at radius 3 is 1.54 bits per heavy atom. The van der Waals surface area contributed by atoms with Crippen LogP contribution in [-0.2, 0) is 22.7 Å². The lowest BCUT2D eigenvalue weighted by molar-refractivity contribution is -0.0396. The van der Waals surface area contributed by atoms with Crippen LogP contribution < -0.4 is 0 Å². The molecule has 3 rings (SSSR count). The van der Waals surface area contributed by atoms with E-state index in [9.17, 15) is 28.5 Å². The van der Waals surface area contributed by atoms with Crippen LogP contribution in [0.15, 0.2) is 60.7 Å². The van der Waals surface area contributed by atoms with Crippen molar-refractivity contribution in [3.8, 4) is 0 Å². The van der Waals surface area contributed by atoms with Crippen LogP contribution in [0.1, 0.15) is 49.7 Å². The maximum atomic E-state index is 14.2. The third-order valence-corrected chi connectivity index (χ3v) is 8.51. The second kappa shape index (κ2) is 15.4. The van der Waals surface area contributed by atoms with Crippen LogP contribution in [0, 0.1) is 0 Å². The summed E-state index contributed by atoms with van der Waals surface area (Å²) in [5, 5.41) is 32.4. The molecule has 2 aromatic carbocycles. The van der Waals surface area contributed by atoms with Crippen LogP contribution in [-0.4, -0.2) is 95.6 Å². The highest BCUT2D eigenvalue weighted by Crippen LogP contribution is 2.28. The second-order valence-electron chi connectivity index (χ2n) is 10.6. The van der Waals surface area contributed by atoms with Gasteiger partial charge in [-0.25, -0.2) is 13.2 Å². The molecule has 0 unspecified atom stereocenters. The van der Waals surface area contributed by atoms with Crippen LogP contribution in [0.5, 0.6) is 0 Å². The number of urea groups is 1. The Morgan fingerprint density at radius 2 is 1.13 bits per heavy atom. The van der Waals surface area contributed by atoms with Gasteiger partial charge in [-0.1, -0.05) is 67.1 Å². The fourth-order valence-electron chi connectivity index (χ4n) is 5.36. The van der Waals surface area contributed by atoms with Crippen molar-refractivity contribution in [1.29, 1.82) is 0 Å². The number of amides is 2. The molecule has 0 saturated carbocycles. The van der Waals surface area contributed by atoms with Crippen molar-refractivity contribution < 1.29 is 28.5 Å². The molecule has 39 heavy (non-hydrogen) atoms. The third-order valence-electron chi connectivity index (χ3n) is 7.48. The van der Waals surface area contributed by atoms with Crippen LogP contribution >= 0.6 is 0 Å². The molecule has 0 spiro atoms. The minimum atomic E-state index is -3.05. The van der Waals surface area contributed by atoms with Gasteiger partial charge >= 0.3 is 6.03 Å². The lowest BCUT2D eigenvalue weighted by Crippen LogP contribution is -2.51. The molecule has 3 N–H and O–H groups in total. The smallest absolute Gasteiger partial charge is 0.320 e. The van der Waals surface area contributed by atoms with Crippen molar-refractivity contribution in [3.63, 3.8) is 0 Å². The molecule has 2 amide bonds. The quantitative estimate of drug-likeness (QED) is 0.288. The maximum absolute atomic E-state index is 14.2. The van der Waals surface area contributed by atoms with Gasteiger partial charge in [0.05, 0.1) is 12.1 Å². The first-order chi connectivity index (χ1) is 18.7. The minimum Gasteiger partial charge on any atom is -0.396 e. The Hall–Kier alpha value is -2.46. The number of aliphatic hydroxyl groups is 3. The van der Waals surface area contributed by atoms with E-state index in [1.807, 2.05) is 60.7 Å². The zero-order chi connectivity index (χ0) is 28.3. The molecular weight excluding hydrogens is 516 g/mol. The first-order valence-electron chi connectivity index (χ1n) is 14.0. The van der Waals surface area contributed by atoms with Gasteiger partial charge in [0.25, 0.3) is 0 Å². The van der Waals surface area contributed by atoms with Gasteiger partial charge in [-0.2, -0.15) is 0 Å². The van der Waals surface area contributed by atoms with Crippen molar-refractivity contribution >= 4 is 15.9 Å².